The normalized spacial score (nSPS) is 12.3. The van der Waals surface area contributed by atoms with E-state index in [2.05, 4.69) is 10.4 Å². The molecule has 0 spiro atoms. The zero-order valence-electron chi connectivity index (χ0n) is 13.4. The fourth-order valence-electron chi connectivity index (χ4n) is 2.20. The number of halogens is 4. The van der Waals surface area contributed by atoms with E-state index in [-0.39, 0.29) is 17.8 Å². The first-order valence-electron chi connectivity index (χ1n) is 7.28. The number of rotatable bonds is 6. The van der Waals surface area contributed by atoms with Gasteiger partial charge in [0.05, 0.1) is 11.6 Å². The lowest BCUT2D eigenvalue weighted by molar-refractivity contribution is -0.119. The van der Waals surface area contributed by atoms with Gasteiger partial charge in [0.25, 0.3) is 12.3 Å². The Morgan fingerprint density at radius 3 is 2.60 bits per heavy atom. The first kappa shape index (κ1) is 19.3. The first-order chi connectivity index (χ1) is 11.7. The Balaban J connectivity index is 2.07. The molecule has 0 aliphatic rings. The zero-order valence-corrected chi connectivity index (χ0v) is 14.9. The van der Waals surface area contributed by atoms with Crippen molar-refractivity contribution in [3.05, 3.63) is 51.3 Å². The minimum absolute atomic E-state index is 0.0216. The van der Waals surface area contributed by atoms with Crippen molar-refractivity contribution < 1.29 is 18.4 Å². The predicted octanol–water partition coefficient (Wildman–Crippen LogP) is 3.59. The molecule has 1 N–H and O–H groups in total. The number of ketones is 1. The summed E-state index contributed by atoms with van der Waals surface area (Å²) in [5.41, 5.74) is -0.325. The molecule has 0 bridgehead atoms. The number of aromatic nitrogens is 2. The molecule has 1 atom stereocenters. The molecule has 5 nitrogen and oxygen atoms in total. The van der Waals surface area contributed by atoms with Crippen molar-refractivity contribution >= 4 is 34.9 Å². The van der Waals surface area contributed by atoms with Crippen LogP contribution in [0.3, 0.4) is 0 Å². The van der Waals surface area contributed by atoms with Crippen LogP contribution in [0.5, 0.6) is 0 Å². The number of hydrogen-bond acceptors (Lipinski definition) is 3. The summed E-state index contributed by atoms with van der Waals surface area (Å²) < 4.78 is 26.9. The minimum atomic E-state index is -2.89. The second kappa shape index (κ2) is 7.93. The molecule has 0 saturated carbocycles. The first-order valence-corrected chi connectivity index (χ1v) is 8.03. The summed E-state index contributed by atoms with van der Waals surface area (Å²) in [5.74, 6) is -1.11. The molecule has 9 heteroatoms. The average Bonchev–Trinajstić information content (AvgIpc) is 2.92. The summed E-state index contributed by atoms with van der Waals surface area (Å²) in [7, 11) is 1.43. The van der Waals surface area contributed by atoms with Gasteiger partial charge in [-0.05, 0) is 24.6 Å². The fraction of sp³-hybridized carbons (Fsp3) is 0.312. The van der Waals surface area contributed by atoms with Crippen LogP contribution >= 0.6 is 23.2 Å². The van der Waals surface area contributed by atoms with Crippen LogP contribution in [0.2, 0.25) is 10.0 Å². The molecule has 2 aromatic rings. The van der Waals surface area contributed by atoms with Crippen LogP contribution in [0.4, 0.5) is 8.78 Å². The highest BCUT2D eigenvalue weighted by Crippen LogP contribution is 2.22. The second-order valence-corrected chi connectivity index (χ2v) is 6.32. The quantitative estimate of drug-likeness (QED) is 0.820. The molecule has 1 amide bonds. The third-order valence-electron chi connectivity index (χ3n) is 3.52. The highest BCUT2D eigenvalue weighted by Gasteiger charge is 2.25. The predicted molar refractivity (Wildman–Crippen MR) is 90.3 cm³/mol. The molecule has 0 radical (unpaired) electrons. The smallest absolute Gasteiger partial charge is 0.282 e. The Labute approximate surface area is 152 Å². The molecule has 1 aromatic carbocycles. The van der Waals surface area contributed by atoms with Crippen molar-refractivity contribution in [2.75, 3.05) is 0 Å². The number of hydrogen-bond donors (Lipinski definition) is 1. The molecule has 0 saturated heterocycles. The van der Waals surface area contributed by atoms with E-state index in [9.17, 15) is 18.4 Å². The van der Waals surface area contributed by atoms with Crippen molar-refractivity contribution in [3.63, 3.8) is 0 Å². The average molecular weight is 390 g/mol. The van der Waals surface area contributed by atoms with Gasteiger partial charge in [0, 0.05) is 29.7 Å². The maximum Gasteiger partial charge on any atom is 0.282 e. The molecule has 0 unspecified atom stereocenters. The third kappa shape index (κ3) is 4.76. The van der Waals surface area contributed by atoms with Gasteiger partial charge >= 0.3 is 0 Å². The largest absolute Gasteiger partial charge is 0.342 e. The summed E-state index contributed by atoms with van der Waals surface area (Å²) in [6, 6.07) is 3.85. The highest BCUT2D eigenvalue weighted by molar-refractivity contribution is 6.35. The van der Waals surface area contributed by atoms with Gasteiger partial charge in [-0.1, -0.05) is 29.3 Å². The SMILES string of the molecule is C[C@H](NC(=O)c1cn(C)nc1C(F)F)C(=O)Cc1ccc(Cl)cc1Cl. The minimum Gasteiger partial charge on any atom is -0.342 e. The maximum atomic E-state index is 12.9. The number of carbonyl (C=O) groups is 2. The summed E-state index contributed by atoms with van der Waals surface area (Å²) >= 11 is 11.8. The zero-order chi connectivity index (χ0) is 18.7. The number of Topliss-reactive ketones (excluding diaryl/α,β-unsaturated/α-hetero) is 1. The lowest BCUT2D eigenvalue weighted by atomic mass is 10.0. The number of aryl methyl sites for hydroxylation is 1. The summed E-state index contributed by atoms with van der Waals surface area (Å²) in [6.45, 7) is 1.47. The van der Waals surface area contributed by atoms with E-state index in [1.165, 1.54) is 26.2 Å². The van der Waals surface area contributed by atoms with Crippen molar-refractivity contribution in [1.29, 1.82) is 0 Å². The number of nitrogens with zero attached hydrogens (tertiary/aromatic N) is 2. The standard InChI is InChI=1S/C16H15Cl2F2N3O2/c1-8(13(24)5-9-3-4-10(17)6-12(9)18)21-16(25)11-7-23(2)22-14(11)15(19)20/h3-4,6-8,15H,5H2,1-2H3,(H,21,25)/t8-/m0/s1. The van der Waals surface area contributed by atoms with Crippen LogP contribution in [-0.2, 0) is 18.3 Å². The molecule has 0 aliphatic carbocycles. The Bertz CT molecular complexity index is 809. The molecule has 25 heavy (non-hydrogen) atoms. The second-order valence-electron chi connectivity index (χ2n) is 5.48. The van der Waals surface area contributed by atoms with E-state index < -0.39 is 24.1 Å². The van der Waals surface area contributed by atoms with E-state index in [1.54, 1.807) is 12.1 Å². The molecule has 134 valence electrons. The van der Waals surface area contributed by atoms with Gasteiger partial charge in [-0.3, -0.25) is 14.3 Å². The van der Waals surface area contributed by atoms with Crippen molar-refractivity contribution in [2.24, 2.45) is 7.05 Å². The Kier molecular flexibility index (Phi) is 6.13. The maximum absolute atomic E-state index is 12.9. The third-order valence-corrected chi connectivity index (χ3v) is 4.11. The molecular formula is C16H15Cl2F2N3O2. The molecule has 1 heterocycles. The van der Waals surface area contributed by atoms with Gasteiger partial charge in [0.15, 0.2) is 5.78 Å². The molecular weight excluding hydrogens is 375 g/mol. The van der Waals surface area contributed by atoms with Gasteiger partial charge in [-0.2, -0.15) is 5.10 Å². The number of alkyl halides is 2. The lowest BCUT2D eigenvalue weighted by Crippen LogP contribution is -2.39. The molecule has 0 aliphatic heterocycles. The van der Waals surface area contributed by atoms with Crippen LogP contribution in [-0.4, -0.2) is 27.5 Å². The fourth-order valence-corrected chi connectivity index (χ4v) is 2.68. The summed E-state index contributed by atoms with van der Waals surface area (Å²) in [6.07, 6.45) is -1.73. The monoisotopic (exact) mass is 389 g/mol. The van der Waals surface area contributed by atoms with Crippen molar-refractivity contribution in [1.82, 2.24) is 15.1 Å². The van der Waals surface area contributed by atoms with Crippen LogP contribution in [0, 0.1) is 0 Å². The van der Waals surface area contributed by atoms with E-state index in [0.717, 1.165) is 4.68 Å². The van der Waals surface area contributed by atoms with Crippen LogP contribution in [0.25, 0.3) is 0 Å². The van der Waals surface area contributed by atoms with E-state index >= 15 is 0 Å². The lowest BCUT2D eigenvalue weighted by Gasteiger charge is -2.13. The van der Waals surface area contributed by atoms with Gasteiger partial charge < -0.3 is 5.32 Å². The number of amides is 1. The van der Waals surface area contributed by atoms with Crippen LogP contribution in [0.15, 0.2) is 24.4 Å². The van der Waals surface area contributed by atoms with E-state index in [0.29, 0.717) is 15.6 Å². The van der Waals surface area contributed by atoms with Crippen LogP contribution < -0.4 is 5.32 Å². The number of nitrogens with one attached hydrogen (secondary N) is 1. The van der Waals surface area contributed by atoms with Gasteiger partial charge in [-0.15, -0.1) is 0 Å². The molecule has 2 rings (SSSR count). The van der Waals surface area contributed by atoms with Gasteiger partial charge in [-0.25, -0.2) is 8.78 Å². The van der Waals surface area contributed by atoms with Gasteiger partial charge in [0.2, 0.25) is 0 Å². The molecule has 0 fully saturated rings. The number of carbonyl (C=O) groups excluding carboxylic acids is 2. The molecule has 1 aromatic heterocycles. The Morgan fingerprint density at radius 2 is 2.00 bits per heavy atom. The van der Waals surface area contributed by atoms with E-state index in [4.69, 9.17) is 23.2 Å². The van der Waals surface area contributed by atoms with Crippen molar-refractivity contribution in [2.45, 2.75) is 25.8 Å². The Hall–Kier alpha value is -1.99. The number of benzene rings is 1. The summed E-state index contributed by atoms with van der Waals surface area (Å²) in [4.78, 5) is 24.4. The highest BCUT2D eigenvalue weighted by atomic mass is 35.5. The van der Waals surface area contributed by atoms with Gasteiger partial charge in [0.1, 0.15) is 5.69 Å². The van der Waals surface area contributed by atoms with Crippen molar-refractivity contribution in [3.8, 4) is 0 Å². The summed E-state index contributed by atoms with van der Waals surface area (Å²) in [5, 5.41) is 6.76. The topological polar surface area (TPSA) is 64.0 Å². The van der Waals surface area contributed by atoms with Crippen LogP contribution in [0.1, 0.15) is 35.0 Å². The Morgan fingerprint density at radius 1 is 1.32 bits per heavy atom. The van der Waals surface area contributed by atoms with E-state index in [1.807, 2.05) is 0 Å².